The van der Waals surface area contributed by atoms with Crippen molar-refractivity contribution in [2.75, 3.05) is 18.1 Å². The van der Waals surface area contributed by atoms with E-state index in [0.29, 0.717) is 18.1 Å². The van der Waals surface area contributed by atoms with Crippen LogP contribution in [0.1, 0.15) is 25.0 Å². The number of carbonyl (C=O) groups is 2. The number of imide groups is 1. The summed E-state index contributed by atoms with van der Waals surface area (Å²) in [6.07, 6.45) is 1.70. The first-order valence-corrected chi connectivity index (χ1v) is 13.4. The number of nitrogens with zero attached hydrogens (tertiary/aromatic N) is 2. The number of hydrogen-bond acceptors (Lipinski definition) is 7. The van der Waals surface area contributed by atoms with E-state index >= 15 is 0 Å². The van der Waals surface area contributed by atoms with Crippen molar-refractivity contribution in [3.8, 4) is 5.75 Å². The van der Waals surface area contributed by atoms with Crippen molar-refractivity contribution < 1.29 is 14.3 Å². The van der Waals surface area contributed by atoms with E-state index in [2.05, 4.69) is 28.4 Å². The molecule has 0 unspecified atom stereocenters. The highest BCUT2D eigenvalue weighted by atomic mass is 32.2. The van der Waals surface area contributed by atoms with Gasteiger partial charge in [0.15, 0.2) is 5.13 Å². The lowest BCUT2D eigenvalue weighted by Gasteiger charge is -2.22. The van der Waals surface area contributed by atoms with E-state index in [-0.39, 0.29) is 11.1 Å². The number of para-hydroxylation sites is 1. The number of nitrogens with one attached hydrogen (secondary N) is 1. The minimum absolute atomic E-state index is 0.343. The number of rotatable bonds is 8. The van der Waals surface area contributed by atoms with Crippen LogP contribution in [0.5, 0.6) is 5.75 Å². The number of hydrogen-bond donors (Lipinski definition) is 1. The zero-order valence-corrected chi connectivity index (χ0v) is 21.8. The summed E-state index contributed by atoms with van der Waals surface area (Å²) in [7, 11) is 0. The Kier molecular flexibility index (Phi) is 8.76. The molecule has 1 fully saturated rings. The van der Waals surface area contributed by atoms with Crippen molar-refractivity contribution in [1.82, 2.24) is 10.3 Å². The Hall–Kier alpha value is -3.62. The van der Waals surface area contributed by atoms with Gasteiger partial charge in [0.25, 0.3) is 11.1 Å². The number of amides is 2. The molecule has 3 aromatic carbocycles. The quantitative estimate of drug-likeness (QED) is 0.261. The highest BCUT2D eigenvalue weighted by Crippen LogP contribution is 2.30. The van der Waals surface area contributed by atoms with Crippen molar-refractivity contribution >= 4 is 55.7 Å². The lowest BCUT2D eigenvalue weighted by Crippen LogP contribution is -2.27. The Morgan fingerprint density at radius 2 is 1.67 bits per heavy atom. The van der Waals surface area contributed by atoms with Gasteiger partial charge in [-0.05, 0) is 53.2 Å². The number of thiazole rings is 1. The summed E-state index contributed by atoms with van der Waals surface area (Å²) >= 11 is 2.59. The second-order valence-corrected chi connectivity index (χ2v) is 9.66. The largest absolute Gasteiger partial charge is 0.492 e. The lowest BCUT2D eigenvalue weighted by atomic mass is 10.2. The third-order valence-corrected chi connectivity index (χ3v) is 7.13. The third-order valence-electron chi connectivity index (χ3n) is 5.22. The fourth-order valence-electron chi connectivity index (χ4n) is 3.55. The molecule has 0 atom stereocenters. The Morgan fingerprint density at radius 1 is 0.944 bits per heavy atom. The minimum Gasteiger partial charge on any atom is -0.492 e. The Balaban J connectivity index is 0.00000148. The van der Waals surface area contributed by atoms with Crippen LogP contribution in [0.15, 0.2) is 83.8 Å². The summed E-state index contributed by atoms with van der Waals surface area (Å²) in [5.41, 5.74) is 3.05. The first kappa shape index (κ1) is 25.5. The third kappa shape index (κ3) is 6.53. The van der Waals surface area contributed by atoms with Gasteiger partial charge in [-0.25, -0.2) is 4.98 Å². The summed E-state index contributed by atoms with van der Waals surface area (Å²) in [6.45, 7) is 5.92. The highest BCUT2D eigenvalue weighted by Gasteiger charge is 2.24. The summed E-state index contributed by atoms with van der Waals surface area (Å²) in [6, 6.07) is 26.0. The van der Waals surface area contributed by atoms with Crippen LogP contribution in [0.25, 0.3) is 16.3 Å². The normalized spacial score (nSPS) is 13.9. The Labute approximate surface area is 219 Å². The van der Waals surface area contributed by atoms with Gasteiger partial charge in [0.05, 0.1) is 21.7 Å². The van der Waals surface area contributed by atoms with E-state index in [1.807, 2.05) is 74.5 Å². The van der Waals surface area contributed by atoms with Crippen LogP contribution in [0.3, 0.4) is 0 Å². The van der Waals surface area contributed by atoms with Crippen LogP contribution in [-0.2, 0) is 11.3 Å². The molecule has 1 aliphatic heterocycles. The molecule has 36 heavy (non-hydrogen) atoms. The molecule has 1 aliphatic rings. The number of anilines is 1. The fraction of sp³-hybridized carbons (Fsp3) is 0.179. The monoisotopic (exact) mass is 517 g/mol. The van der Waals surface area contributed by atoms with Crippen LogP contribution in [0.2, 0.25) is 0 Å². The van der Waals surface area contributed by atoms with Crippen molar-refractivity contribution in [3.05, 3.63) is 94.9 Å². The molecule has 8 heteroatoms. The smallest absolute Gasteiger partial charge is 0.290 e. The van der Waals surface area contributed by atoms with E-state index in [4.69, 9.17) is 9.72 Å². The van der Waals surface area contributed by atoms with Gasteiger partial charge in [-0.3, -0.25) is 14.9 Å². The molecular formula is C28H27N3O3S2. The SMILES string of the molecule is CC.O=C1NC(=O)/C(=C/c2ccc(OCCN(Cc3ccccc3)c3nc4ccccc4s3)cc2)S1. The minimum atomic E-state index is -0.358. The second kappa shape index (κ2) is 12.4. The van der Waals surface area contributed by atoms with Gasteiger partial charge in [0.1, 0.15) is 12.4 Å². The topological polar surface area (TPSA) is 71.5 Å². The van der Waals surface area contributed by atoms with Crippen LogP contribution in [-0.4, -0.2) is 29.3 Å². The van der Waals surface area contributed by atoms with Crippen molar-refractivity contribution in [2.24, 2.45) is 0 Å². The molecule has 1 N–H and O–H groups in total. The highest BCUT2D eigenvalue weighted by molar-refractivity contribution is 8.18. The van der Waals surface area contributed by atoms with E-state index < -0.39 is 0 Å². The van der Waals surface area contributed by atoms with Crippen LogP contribution in [0, 0.1) is 0 Å². The number of aromatic nitrogens is 1. The van der Waals surface area contributed by atoms with Gasteiger partial charge >= 0.3 is 0 Å². The van der Waals surface area contributed by atoms with E-state index in [0.717, 1.165) is 45.0 Å². The number of benzene rings is 3. The summed E-state index contributed by atoms with van der Waals surface area (Å²) in [5.74, 6) is 0.384. The predicted molar refractivity (Wildman–Crippen MR) is 150 cm³/mol. The Bertz CT molecular complexity index is 1320. The van der Waals surface area contributed by atoms with Crippen molar-refractivity contribution in [1.29, 1.82) is 0 Å². The van der Waals surface area contributed by atoms with Crippen molar-refractivity contribution in [3.63, 3.8) is 0 Å². The molecule has 4 aromatic rings. The number of fused-ring (bicyclic) bond motifs is 1. The standard InChI is InChI=1S/C26H21N3O3S2.C2H6/c30-24-23(34-26(31)28-24)16-18-10-12-20(13-11-18)32-15-14-29(17-19-6-2-1-3-7-19)25-27-21-8-4-5-9-22(21)33-25;1-2/h1-13,16H,14-15,17H2,(H,28,30,31);1-2H3/b23-16-;. The second-order valence-electron chi connectivity index (χ2n) is 7.64. The molecule has 5 rings (SSSR count). The van der Waals surface area contributed by atoms with Gasteiger partial charge in [-0.2, -0.15) is 0 Å². The van der Waals surface area contributed by atoms with Gasteiger partial charge in [0, 0.05) is 6.54 Å². The molecular weight excluding hydrogens is 490 g/mol. The number of thioether (sulfide) groups is 1. The number of carbonyl (C=O) groups excluding carboxylic acids is 2. The zero-order chi connectivity index (χ0) is 25.3. The summed E-state index contributed by atoms with van der Waals surface area (Å²) in [5, 5.41) is 2.89. The molecule has 0 radical (unpaired) electrons. The molecule has 0 saturated carbocycles. The average Bonchev–Trinajstić information content (AvgIpc) is 3.48. The fourth-order valence-corrected chi connectivity index (χ4v) is 5.22. The molecule has 2 amide bonds. The van der Waals surface area contributed by atoms with Gasteiger partial charge in [0.2, 0.25) is 0 Å². The molecule has 0 bridgehead atoms. The first-order valence-electron chi connectivity index (χ1n) is 11.8. The predicted octanol–water partition coefficient (Wildman–Crippen LogP) is 6.73. The van der Waals surface area contributed by atoms with Gasteiger partial charge in [-0.15, -0.1) is 0 Å². The first-order chi connectivity index (χ1) is 17.6. The molecule has 0 spiro atoms. The molecule has 6 nitrogen and oxygen atoms in total. The maximum atomic E-state index is 11.7. The maximum Gasteiger partial charge on any atom is 0.290 e. The zero-order valence-electron chi connectivity index (χ0n) is 20.1. The van der Waals surface area contributed by atoms with Gasteiger partial charge in [-0.1, -0.05) is 79.8 Å². The molecule has 0 aliphatic carbocycles. The molecule has 184 valence electrons. The molecule has 1 saturated heterocycles. The van der Waals surface area contributed by atoms with Crippen LogP contribution >= 0.6 is 23.1 Å². The van der Waals surface area contributed by atoms with Crippen LogP contribution in [0.4, 0.5) is 9.93 Å². The molecule has 2 heterocycles. The lowest BCUT2D eigenvalue weighted by molar-refractivity contribution is -0.115. The summed E-state index contributed by atoms with van der Waals surface area (Å²) in [4.78, 5) is 30.5. The summed E-state index contributed by atoms with van der Waals surface area (Å²) < 4.78 is 7.17. The van der Waals surface area contributed by atoms with E-state index in [1.165, 1.54) is 5.56 Å². The van der Waals surface area contributed by atoms with Gasteiger partial charge < -0.3 is 9.64 Å². The maximum absolute atomic E-state index is 11.7. The molecule has 1 aromatic heterocycles. The van der Waals surface area contributed by atoms with E-state index in [1.54, 1.807) is 17.4 Å². The number of ether oxygens (including phenoxy) is 1. The van der Waals surface area contributed by atoms with Crippen LogP contribution < -0.4 is 15.0 Å². The average molecular weight is 518 g/mol. The van der Waals surface area contributed by atoms with Crippen molar-refractivity contribution in [2.45, 2.75) is 20.4 Å². The Morgan fingerprint density at radius 3 is 2.36 bits per heavy atom. The van der Waals surface area contributed by atoms with E-state index in [9.17, 15) is 9.59 Å².